The van der Waals surface area contributed by atoms with Crippen molar-refractivity contribution < 1.29 is 24.3 Å². The Morgan fingerprint density at radius 3 is 2.52 bits per heavy atom. The summed E-state index contributed by atoms with van der Waals surface area (Å²) < 4.78 is 0. The number of carboxylic acids is 1. The molecule has 0 aliphatic carbocycles. The molecule has 170 valence electrons. The summed E-state index contributed by atoms with van der Waals surface area (Å²) in [6, 6.07) is 6.33. The molecular formula is C22H32N4O5. The average molecular weight is 433 g/mol. The third kappa shape index (κ3) is 6.78. The lowest BCUT2D eigenvalue weighted by atomic mass is 9.98. The first-order chi connectivity index (χ1) is 14.7. The van der Waals surface area contributed by atoms with E-state index in [1.165, 1.54) is 4.90 Å². The summed E-state index contributed by atoms with van der Waals surface area (Å²) in [7, 11) is 0. The zero-order chi connectivity index (χ0) is 23.0. The molecule has 9 nitrogen and oxygen atoms in total. The van der Waals surface area contributed by atoms with Gasteiger partial charge in [-0.3, -0.25) is 14.4 Å². The third-order valence-electron chi connectivity index (χ3n) is 5.72. The Morgan fingerprint density at radius 1 is 1.23 bits per heavy atom. The Hall–Kier alpha value is -2.94. The number of aliphatic carboxylic acids is 1. The van der Waals surface area contributed by atoms with E-state index in [1.807, 2.05) is 44.2 Å². The van der Waals surface area contributed by atoms with Crippen LogP contribution >= 0.6 is 0 Å². The van der Waals surface area contributed by atoms with Crippen LogP contribution < -0.4 is 16.4 Å². The molecule has 0 aromatic heterocycles. The first-order valence-corrected chi connectivity index (χ1v) is 10.6. The molecule has 2 rings (SSSR count). The van der Waals surface area contributed by atoms with E-state index in [-0.39, 0.29) is 18.4 Å². The monoisotopic (exact) mass is 432 g/mol. The maximum Gasteiger partial charge on any atom is 0.326 e. The standard InChI is InChI=1S/C22H32N4O5/c1-3-14(2)19(23)21(29)26-11-7-10-17(26)20(28)25-16(22(30)31)12-18(27)24-13-15-8-5-4-6-9-15/h4-6,8-9,14,16-17,19H,3,7,10-13,23H2,1-2H3,(H,24,27)(H,25,28)(H,30,31)/t14-,16-,17-,19-/m0/s1. The van der Waals surface area contributed by atoms with Crippen LogP contribution in [-0.2, 0) is 25.7 Å². The van der Waals surface area contributed by atoms with Gasteiger partial charge in [-0.1, -0.05) is 50.6 Å². The van der Waals surface area contributed by atoms with Gasteiger partial charge in [-0.05, 0) is 24.3 Å². The van der Waals surface area contributed by atoms with E-state index >= 15 is 0 Å². The molecule has 9 heteroatoms. The average Bonchev–Trinajstić information content (AvgIpc) is 3.26. The fourth-order valence-electron chi connectivity index (χ4n) is 3.51. The molecule has 0 unspecified atom stereocenters. The van der Waals surface area contributed by atoms with Crippen molar-refractivity contribution in [3.63, 3.8) is 0 Å². The second-order valence-electron chi connectivity index (χ2n) is 7.97. The third-order valence-corrected chi connectivity index (χ3v) is 5.72. The van der Waals surface area contributed by atoms with Crippen LogP contribution in [0.3, 0.4) is 0 Å². The Kier molecular flexibility index (Phi) is 8.99. The van der Waals surface area contributed by atoms with Crippen molar-refractivity contribution in [2.45, 2.75) is 64.2 Å². The summed E-state index contributed by atoms with van der Waals surface area (Å²) in [6.45, 7) is 4.48. The van der Waals surface area contributed by atoms with Gasteiger partial charge in [0.05, 0.1) is 12.5 Å². The zero-order valence-electron chi connectivity index (χ0n) is 18.0. The lowest BCUT2D eigenvalue weighted by Crippen LogP contribution is -2.55. The molecular weight excluding hydrogens is 400 g/mol. The summed E-state index contributed by atoms with van der Waals surface area (Å²) in [6.07, 6.45) is 1.39. The van der Waals surface area contributed by atoms with Gasteiger partial charge in [-0.15, -0.1) is 0 Å². The molecule has 1 saturated heterocycles. The lowest BCUT2D eigenvalue weighted by molar-refractivity contribution is -0.145. The minimum Gasteiger partial charge on any atom is -0.480 e. The van der Waals surface area contributed by atoms with E-state index in [9.17, 15) is 24.3 Å². The largest absolute Gasteiger partial charge is 0.480 e. The number of carbonyl (C=O) groups is 4. The molecule has 1 heterocycles. The molecule has 5 N–H and O–H groups in total. The second kappa shape index (κ2) is 11.5. The van der Waals surface area contributed by atoms with Gasteiger partial charge < -0.3 is 26.4 Å². The van der Waals surface area contributed by atoms with Crippen molar-refractivity contribution in [2.24, 2.45) is 11.7 Å². The summed E-state index contributed by atoms with van der Waals surface area (Å²) in [5, 5.41) is 14.5. The molecule has 3 amide bonds. The Morgan fingerprint density at radius 2 is 1.90 bits per heavy atom. The van der Waals surface area contributed by atoms with E-state index < -0.39 is 42.3 Å². The van der Waals surface area contributed by atoms with Gasteiger partial charge in [0.15, 0.2) is 0 Å². The molecule has 1 aliphatic heterocycles. The molecule has 0 radical (unpaired) electrons. The normalized spacial score (nSPS) is 18.7. The van der Waals surface area contributed by atoms with Gasteiger partial charge in [0.2, 0.25) is 17.7 Å². The Labute approximate surface area is 182 Å². The van der Waals surface area contributed by atoms with Crippen molar-refractivity contribution in [2.75, 3.05) is 6.54 Å². The zero-order valence-corrected chi connectivity index (χ0v) is 18.0. The van der Waals surface area contributed by atoms with Crippen LogP contribution in [0.5, 0.6) is 0 Å². The number of benzene rings is 1. The highest BCUT2D eigenvalue weighted by atomic mass is 16.4. The minimum atomic E-state index is -1.39. The molecule has 1 fully saturated rings. The number of carboxylic acid groups (broad SMARTS) is 1. The summed E-state index contributed by atoms with van der Waals surface area (Å²) in [4.78, 5) is 50.7. The van der Waals surface area contributed by atoms with Crippen LogP contribution in [0.1, 0.15) is 45.1 Å². The molecule has 31 heavy (non-hydrogen) atoms. The van der Waals surface area contributed by atoms with Crippen LogP contribution in [0.4, 0.5) is 0 Å². The molecule has 4 atom stereocenters. The van der Waals surface area contributed by atoms with Crippen molar-refractivity contribution in [3.8, 4) is 0 Å². The highest BCUT2D eigenvalue weighted by Gasteiger charge is 2.38. The smallest absolute Gasteiger partial charge is 0.326 e. The van der Waals surface area contributed by atoms with Gasteiger partial charge in [0.25, 0.3) is 0 Å². The number of nitrogens with zero attached hydrogens (tertiary/aromatic N) is 1. The van der Waals surface area contributed by atoms with Crippen molar-refractivity contribution in [1.29, 1.82) is 0 Å². The molecule has 0 spiro atoms. The van der Waals surface area contributed by atoms with Crippen molar-refractivity contribution in [3.05, 3.63) is 35.9 Å². The quantitative estimate of drug-likeness (QED) is 0.427. The van der Waals surface area contributed by atoms with Crippen LogP contribution in [0.15, 0.2) is 30.3 Å². The lowest BCUT2D eigenvalue weighted by Gasteiger charge is -2.29. The van der Waals surface area contributed by atoms with Gasteiger partial charge in [-0.2, -0.15) is 0 Å². The number of amides is 3. The maximum absolute atomic E-state index is 12.8. The minimum absolute atomic E-state index is 0.0307. The highest BCUT2D eigenvalue weighted by Crippen LogP contribution is 2.20. The van der Waals surface area contributed by atoms with Crippen molar-refractivity contribution in [1.82, 2.24) is 15.5 Å². The fraction of sp³-hybridized carbons (Fsp3) is 0.545. The Balaban J connectivity index is 1.95. The number of likely N-dealkylation sites (tertiary alicyclic amines) is 1. The summed E-state index contributed by atoms with van der Waals surface area (Å²) in [5.41, 5.74) is 6.92. The number of carbonyl (C=O) groups excluding carboxylic acids is 3. The van der Waals surface area contributed by atoms with E-state index in [0.29, 0.717) is 19.4 Å². The highest BCUT2D eigenvalue weighted by molar-refractivity contribution is 5.93. The number of rotatable bonds is 10. The van der Waals surface area contributed by atoms with Crippen LogP contribution in [0.25, 0.3) is 0 Å². The van der Waals surface area contributed by atoms with Gasteiger partial charge in [0, 0.05) is 13.1 Å². The molecule has 1 aromatic carbocycles. The molecule has 1 aliphatic rings. The first kappa shape index (κ1) is 24.3. The molecule has 0 bridgehead atoms. The van der Waals surface area contributed by atoms with Crippen LogP contribution in [-0.4, -0.2) is 58.4 Å². The second-order valence-corrected chi connectivity index (χ2v) is 7.97. The number of hydrogen-bond donors (Lipinski definition) is 4. The number of hydrogen-bond acceptors (Lipinski definition) is 5. The van der Waals surface area contributed by atoms with Crippen LogP contribution in [0, 0.1) is 5.92 Å². The fourth-order valence-corrected chi connectivity index (χ4v) is 3.51. The van der Waals surface area contributed by atoms with E-state index in [2.05, 4.69) is 10.6 Å². The van der Waals surface area contributed by atoms with E-state index in [1.54, 1.807) is 0 Å². The SMILES string of the molecule is CC[C@H](C)[C@H](N)C(=O)N1CCC[C@H]1C(=O)N[C@@H](CC(=O)NCc1ccccc1)C(=O)O. The number of nitrogens with one attached hydrogen (secondary N) is 2. The van der Waals surface area contributed by atoms with Gasteiger partial charge in [0.1, 0.15) is 12.1 Å². The van der Waals surface area contributed by atoms with Gasteiger partial charge >= 0.3 is 5.97 Å². The predicted octanol–water partition coefficient (Wildman–Crippen LogP) is 0.627. The Bertz CT molecular complexity index is 785. The van der Waals surface area contributed by atoms with Crippen LogP contribution in [0.2, 0.25) is 0 Å². The summed E-state index contributed by atoms with van der Waals surface area (Å²) in [5.74, 6) is -2.72. The topological polar surface area (TPSA) is 142 Å². The van der Waals surface area contributed by atoms with Gasteiger partial charge in [-0.25, -0.2) is 4.79 Å². The summed E-state index contributed by atoms with van der Waals surface area (Å²) >= 11 is 0. The number of nitrogens with two attached hydrogens (primary N) is 1. The first-order valence-electron chi connectivity index (χ1n) is 10.6. The molecule has 0 saturated carbocycles. The molecule has 1 aromatic rings. The maximum atomic E-state index is 12.8. The van der Waals surface area contributed by atoms with E-state index in [4.69, 9.17) is 5.73 Å². The predicted molar refractivity (Wildman–Crippen MR) is 115 cm³/mol. The van der Waals surface area contributed by atoms with E-state index in [0.717, 1.165) is 12.0 Å². The van der Waals surface area contributed by atoms with Crippen molar-refractivity contribution >= 4 is 23.7 Å².